The minimum Gasteiger partial charge on any atom is -0.340 e. The molecule has 0 atom stereocenters. The van der Waals surface area contributed by atoms with Crippen molar-refractivity contribution in [2.75, 3.05) is 5.32 Å². The molecule has 2 aromatic heterocycles. The number of unbranched alkanes of at least 4 members (excludes halogenated alkanes) is 1. The lowest BCUT2D eigenvalue weighted by molar-refractivity contribution is 0.795. The largest absolute Gasteiger partial charge is 0.340 e. The van der Waals surface area contributed by atoms with Crippen LogP contribution in [-0.4, -0.2) is 9.97 Å². The van der Waals surface area contributed by atoms with Crippen LogP contribution in [0.2, 0.25) is 0 Å². The van der Waals surface area contributed by atoms with E-state index in [4.69, 9.17) is 0 Å². The van der Waals surface area contributed by atoms with E-state index in [1.807, 2.05) is 0 Å². The SMILES string of the molecule is CCCCc1ccc(Nc2ncnc3scc(-c4ccc(Br)cc4)c23)cc1. The van der Waals surface area contributed by atoms with Gasteiger partial charge in [-0.05, 0) is 48.2 Å². The number of halogens is 1. The predicted octanol–water partition coefficient (Wildman–Crippen LogP) is 7.21. The number of benzene rings is 2. The molecule has 0 aliphatic heterocycles. The highest BCUT2D eigenvalue weighted by Crippen LogP contribution is 2.37. The van der Waals surface area contributed by atoms with Crippen molar-refractivity contribution in [2.24, 2.45) is 0 Å². The third kappa shape index (κ3) is 4.04. The Labute approximate surface area is 171 Å². The van der Waals surface area contributed by atoms with Gasteiger partial charge in [0.2, 0.25) is 0 Å². The van der Waals surface area contributed by atoms with Gasteiger partial charge in [0, 0.05) is 21.1 Å². The van der Waals surface area contributed by atoms with Gasteiger partial charge in [0.1, 0.15) is 17.0 Å². The van der Waals surface area contributed by atoms with Crippen molar-refractivity contribution in [3.8, 4) is 11.1 Å². The molecule has 3 nitrogen and oxygen atoms in total. The summed E-state index contributed by atoms with van der Waals surface area (Å²) in [5.41, 5.74) is 4.74. The molecule has 5 heteroatoms. The number of rotatable bonds is 6. The molecule has 1 N–H and O–H groups in total. The van der Waals surface area contributed by atoms with E-state index in [9.17, 15) is 0 Å². The fourth-order valence-corrected chi connectivity index (χ4v) is 4.26. The molecule has 2 aromatic carbocycles. The van der Waals surface area contributed by atoms with Gasteiger partial charge in [-0.2, -0.15) is 0 Å². The number of anilines is 2. The minimum absolute atomic E-state index is 0.848. The van der Waals surface area contributed by atoms with Gasteiger partial charge in [0.25, 0.3) is 0 Å². The summed E-state index contributed by atoms with van der Waals surface area (Å²) in [5, 5.41) is 6.71. The zero-order chi connectivity index (χ0) is 18.6. The van der Waals surface area contributed by atoms with Crippen LogP contribution in [0.25, 0.3) is 21.3 Å². The fraction of sp³-hybridized carbons (Fsp3) is 0.182. The van der Waals surface area contributed by atoms with Crippen LogP contribution in [0.5, 0.6) is 0 Å². The van der Waals surface area contributed by atoms with E-state index in [0.717, 1.165) is 43.7 Å². The van der Waals surface area contributed by atoms with Crippen LogP contribution in [0.4, 0.5) is 11.5 Å². The van der Waals surface area contributed by atoms with Crippen molar-refractivity contribution in [3.05, 3.63) is 70.3 Å². The number of fused-ring (bicyclic) bond motifs is 1. The third-order valence-corrected chi connectivity index (χ3v) is 5.98. The zero-order valence-electron chi connectivity index (χ0n) is 15.1. The van der Waals surface area contributed by atoms with Crippen LogP contribution in [0.3, 0.4) is 0 Å². The molecule has 27 heavy (non-hydrogen) atoms. The molecule has 0 bridgehead atoms. The maximum atomic E-state index is 4.53. The summed E-state index contributed by atoms with van der Waals surface area (Å²) < 4.78 is 1.07. The molecule has 4 rings (SSSR count). The molecular formula is C22H20BrN3S. The second-order valence-corrected chi connectivity index (χ2v) is 8.26. The molecule has 0 radical (unpaired) electrons. The Morgan fingerprint density at radius 1 is 1.00 bits per heavy atom. The van der Waals surface area contributed by atoms with Crippen molar-refractivity contribution in [2.45, 2.75) is 26.2 Å². The molecule has 0 aliphatic carbocycles. The van der Waals surface area contributed by atoms with Crippen molar-refractivity contribution >= 4 is 49.0 Å². The molecular weight excluding hydrogens is 418 g/mol. The standard InChI is InChI=1S/C22H20BrN3S/c1-2-3-4-15-5-11-18(12-6-15)26-21-20-19(13-27-22(20)25-14-24-21)16-7-9-17(23)10-8-16/h5-14H,2-4H2,1H3,(H,24,25,26). The molecule has 136 valence electrons. The second-order valence-electron chi connectivity index (χ2n) is 6.48. The number of nitrogens with zero attached hydrogens (tertiary/aromatic N) is 2. The van der Waals surface area contributed by atoms with Gasteiger partial charge in [0.15, 0.2) is 0 Å². The summed E-state index contributed by atoms with van der Waals surface area (Å²) in [5.74, 6) is 0.848. The van der Waals surface area contributed by atoms with Crippen molar-refractivity contribution < 1.29 is 0 Å². The average Bonchev–Trinajstić information content (AvgIpc) is 3.13. The highest BCUT2D eigenvalue weighted by atomic mass is 79.9. The van der Waals surface area contributed by atoms with Gasteiger partial charge in [-0.25, -0.2) is 9.97 Å². The lowest BCUT2D eigenvalue weighted by Crippen LogP contribution is -1.96. The highest BCUT2D eigenvalue weighted by molar-refractivity contribution is 9.10. The monoisotopic (exact) mass is 437 g/mol. The number of aryl methyl sites for hydroxylation is 1. The quantitative estimate of drug-likeness (QED) is 0.346. The molecule has 0 spiro atoms. The third-order valence-electron chi connectivity index (χ3n) is 4.56. The first-order valence-corrected chi connectivity index (χ1v) is 10.8. The number of nitrogens with one attached hydrogen (secondary N) is 1. The maximum absolute atomic E-state index is 4.53. The van der Waals surface area contributed by atoms with Crippen molar-refractivity contribution in [1.29, 1.82) is 0 Å². The Hall–Kier alpha value is -2.24. The number of hydrogen-bond donors (Lipinski definition) is 1. The smallest absolute Gasteiger partial charge is 0.143 e. The second kappa shape index (κ2) is 8.19. The number of aromatic nitrogens is 2. The van der Waals surface area contributed by atoms with Crippen molar-refractivity contribution in [1.82, 2.24) is 9.97 Å². The van der Waals surface area contributed by atoms with Gasteiger partial charge < -0.3 is 5.32 Å². The van der Waals surface area contributed by atoms with Crippen LogP contribution in [0.15, 0.2) is 64.7 Å². The molecule has 0 fully saturated rings. The Kier molecular flexibility index (Phi) is 5.50. The van der Waals surface area contributed by atoms with E-state index in [1.165, 1.54) is 18.4 Å². The van der Waals surface area contributed by atoms with E-state index in [-0.39, 0.29) is 0 Å². The van der Waals surface area contributed by atoms with Crippen LogP contribution < -0.4 is 5.32 Å². The minimum atomic E-state index is 0.848. The van der Waals surface area contributed by atoms with Crippen LogP contribution in [0.1, 0.15) is 25.3 Å². The predicted molar refractivity (Wildman–Crippen MR) is 119 cm³/mol. The number of thiophene rings is 1. The van der Waals surface area contributed by atoms with E-state index >= 15 is 0 Å². The zero-order valence-corrected chi connectivity index (χ0v) is 17.5. The lowest BCUT2D eigenvalue weighted by Gasteiger charge is -2.09. The van der Waals surface area contributed by atoms with Crippen LogP contribution in [-0.2, 0) is 6.42 Å². The highest BCUT2D eigenvalue weighted by Gasteiger charge is 2.13. The first-order valence-electron chi connectivity index (χ1n) is 9.08. The van der Waals surface area contributed by atoms with Crippen molar-refractivity contribution in [3.63, 3.8) is 0 Å². The van der Waals surface area contributed by atoms with Gasteiger partial charge in [-0.15, -0.1) is 11.3 Å². The van der Waals surface area contributed by atoms with Gasteiger partial charge in [-0.1, -0.05) is 53.5 Å². The lowest BCUT2D eigenvalue weighted by atomic mass is 10.1. The molecule has 0 saturated carbocycles. The normalized spacial score (nSPS) is 11.0. The molecule has 2 heterocycles. The summed E-state index contributed by atoms with van der Waals surface area (Å²) in [7, 11) is 0. The summed E-state index contributed by atoms with van der Waals surface area (Å²) >= 11 is 5.15. The van der Waals surface area contributed by atoms with Gasteiger partial charge in [0.05, 0.1) is 5.39 Å². The Balaban J connectivity index is 1.67. The topological polar surface area (TPSA) is 37.8 Å². The summed E-state index contributed by atoms with van der Waals surface area (Å²) in [6, 6.07) is 17.0. The van der Waals surface area contributed by atoms with Crippen LogP contribution in [0, 0.1) is 0 Å². The average molecular weight is 438 g/mol. The van der Waals surface area contributed by atoms with E-state index in [2.05, 4.69) is 92.0 Å². The summed E-state index contributed by atoms with van der Waals surface area (Å²) in [4.78, 5) is 9.97. The number of hydrogen-bond acceptors (Lipinski definition) is 4. The van der Waals surface area contributed by atoms with Crippen LogP contribution >= 0.6 is 27.3 Å². The molecule has 0 amide bonds. The first-order chi connectivity index (χ1) is 13.2. The van der Waals surface area contributed by atoms with Gasteiger partial charge in [-0.3, -0.25) is 0 Å². The Bertz CT molecular complexity index is 1040. The van der Waals surface area contributed by atoms with E-state index in [0.29, 0.717) is 0 Å². The first kappa shape index (κ1) is 18.1. The Morgan fingerprint density at radius 3 is 2.52 bits per heavy atom. The maximum Gasteiger partial charge on any atom is 0.143 e. The van der Waals surface area contributed by atoms with Gasteiger partial charge >= 0.3 is 0 Å². The fourth-order valence-electron chi connectivity index (χ4n) is 3.08. The van der Waals surface area contributed by atoms with E-state index in [1.54, 1.807) is 17.7 Å². The summed E-state index contributed by atoms with van der Waals surface area (Å²) in [6.07, 6.45) is 5.20. The molecule has 0 aliphatic rings. The Morgan fingerprint density at radius 2 is 1.78 bits per heavy atom. The van der Waals surface area contributed by atoms with E-state index < -0.39 is 0 Å². The molecule has 4 aromatic rings. The molecule has 0 unspecified atom stereocenters. The molecule has 0 saturated heterocycles. The summed E-state index contributed by atoms with van der Waals surface area (Å²) in [6.45, 7) is 2.22.